The van der Waals surface area contributed by atoms with Crippen molar-refractivity contribution in [3.63, 3.8) is 0 Å². The molecule has 24 heavy (non-hydrogen) atoms. The maximum atomic E-state index is 12.6. The molecule has 2 aromatic carbocycles. The first-order valence-electron chi connectivity index (χ1n) is 7.39. The SMILES string of the molecule is COC(=O)[C@](/C=C/I)(Cc1ccccc1)NC(=O)c1ccccc1. The molecular weight excluding hydrogens is 417 g/mol. The van der Waals surface area contributed by atoms with Crippen molar-refractivity contribution >= 4 is 34.5 Å². The third-order valence-electron chi connectivity index (χ3n) is 3.60. The topological polar surface area (TPSA) is 55.4 Å². The number of benzene rings is 2. The van der Waals surface area contributed by atoms with E-state index in [9.17, 15) is 9.59 Å². The van der Waals surface area contributed by atoms with Gasteiger partial charge in [0.25, 0.3) is 5.91 Å². The minimum atomic E-state index is -1.26. The van der Waals surface area contributed by atoms with Crippen LogP contribution in [0.5, 0.6) is 0 Å². The van der Waals surface area contributed by atoms with E-state index in [1.54, 1.807) is 34.4 Å². The van der Waals surface area contributed by atoms with Gasteiger partial charge in [0.2, 0.25) is 0 Å². The van der Waals surface area contributed by atoms with Crippen LogP contribution in [-0.4, -0.2) is 24.5 Å². The van der Waals surface area contributed by atoms with E-state index >= 15 is 0 Å². The molecule has 0 unspecified atom stereocenters. The van der Waals surface area contributed by atoms with Crippen LogP contribution in [0.15, 0.2) is 70.8 Å². The van der Waals surface area contributed by atoms with Crippen LogP contribution in [0.25, 0.3) is 0 Å². The van der Waals surface area contributed by atoms with Gasteiger partial charge in [0, 0.05) is 12.0 Å². The average Bonchev–Trinajstić information content (AvgIpc) is 2.62. The van der Waals surface area contributed by atoms with E-state index < -0.39 is 11.5 Å². The Bertz CT molecular complexity index is 716. The highest BCUT2D eigenvalue weighted by atomic mass is 127. The minimum absolute atomic E-state index is 0.304. The van der Waals surface area contributed by atoms with Gasteiger partial charge in [0.05, 0.1) is 7.11 Å². The molecular formula is C19H18INO3. The summed E-state index contributed by atoms with van der Waals surface area (Å²) in [4.78, 5) is 25.1. The molecule has 2 aromatic rings. The first-order chi connectivity index (χ1) is 11.6. The summed E-state index contributed by atoms with van der Waals surface area (Å²) >= 11 is 2.03. The number of rotatable bonds is 6. The van der Waals surface area contributed by atoms with Gasteiger partial charge < -0.3 is 10.1 Å². The Balaban J connectivity index is 2.37. The van der Waals surface area contributed by atoms with Gasteiger partial charge in [0.1, 0.15) is 0 Å². The lowest BCUT2D eigenvalue weighted by molar-refractivity contribution is -0.146. The lowest BCUT2D eigenvalue weighted by Gasteiger charge is -2.29. The van der Waals surface area contributed by atoms with Gasteiger partial charge in [-0.25, -0.2) is 4.79 Å². The van der Waals surface area contributed by atoms with E-state index in [-0.39, 0.29) is 5.91 Å². The number of hydrogen-bond donors (Lipinski definition) is 1. The molecule has 0 aromatic heterocycles. The van der Waals surface area contributed by atoms with E-state index in [4.69, 9.17) is 4.74 Å². The Morgan fingerprint density at radius 1 is 1.08 bits per heavy atom. The summed E-state index contributed by atoms with van der Waals surface area (Å²) in [5.74, 6) is -0.838. The molecule has 0 radical (unpaired) electrons. The van der Waals surface area contributed by atoms with Gasteiger partial charge in [0.15, 0.2) is 5.54 Å². The quantitative estimate of drug-likeness (QED) is 0.558. The number of halogens is 1. The van der Waals surface area contributed by atoms with Gasteiger partial charge >= 0.3 is 5.97 Å². The van der Waals surface area contributed by atoms with Crippen molar-refractivity contribution < 1.29 is 14.3 Å². The van der Waals surface area contributed by atoms with Crippen LogP contribution in [0.3, 0.4) is 0 Å². The second kappa shape index (κ2) is 8.63. The van der Waals surface area contributed by atoms with Gasteiger partial charge in [-0.3, -0.25) is 4.79 Å². The Kier molecular flexibility index (Phi) is 6.54. The zero-order valence-electron chi connectivity index (χ0n) is 13.2. The first kappa shape index (κ1) is 18.2. The van der Waals surface area contributed by atoms with E-state index in [0.29, 0.717) is 12.0 Å². The summed E-state index contributed by atoms with van der Waals surface area (Å²) in [5.41, 5.74) is 0.149. The molecule has 0 aliphatic heterocycles. The van der Waals surface area contributed by atoms with E-state index in [2.05, 4.69) is 5.32 Å². The van der Waals surface area contributed by atoms with Crippen LogP contribution in [-0.2, 0) is 16.0 Å². The standard InChI is InChI=1S/C19H18INO3/c1-24-18(23)19(12-13-20,14-15-8-4-2-5-9-15)21-17(22)16-10-6-3-7-11-16/h2-13H,14H2,1H3,(H,21,22)/b13-12+/t19-/m0/s1. The maximum Gasteiger partial charge on any atom is 0.336 e. The molecule has 0 bridgehead atoms. The molecule has 5 heteroatoms. The van der Waals surface area contributed by atoms with Gasteiger partial charge in [-0.2, -0.15) is 0 Å². The summed E-state index contributed by atoms with van der Waals surface area (Å²) in [7, 11) is 1.32. The normalized spacial score (nSPS) is 13.2. The fourth-order valence-electron chi connectivity index (χ4n) is 2.41. The molecule has 0 aliphatic carbocycles. The van der Waals surface area contributed by atoms with E-state index in [1.807, 2.05) is 59.0 Å². The van der Waals surface area contributed by atoms with E-state index in [0.717, 1.165) is 5.56 Å². The number of methoxy groups -OCH3 is 1. The second-order valence-corrected chi connectivity index (χ2v) is 5.96. The number of nitrogens with one attached hydrogen (secondary N) is 1. The molecule has 0 fully saturated rings. The molecule has 2 rings (SSSR count). The van der Waals surface area contributed by atoms with Gasteiger partial charge in [-0.1, -0.05) is 71.1 Å². The zero-order chi connectivity index (χ0) is 17.4. The number of hydrogen-bond acceptors (Lipinski definition) is 3. The zero-order valence-corrected chi connectivity index (χ0v) is 15.4. The Morgan fingerprint density at radius 2 is 1.67 bits per heavy atom. The van der Waals surface area contributed by atoms with Crippen LogP contribution >= 0.6 is 22.6 Å². The van der Waals surface area contributed by atoms with E-state index in [1.165, 1.54) is 7.11 Å². The molecule has 4 nitrogen and oxygen atoms in total. The smallest absolute Gasteiger partial charge is 0.336 e. The summed E-state index contributed by atoms with van der Waals surface area (Å²) < 4.78 is 6.68. The summed E-state index contributed by atoms with van der Waals surface area (Å²) in [6, 6.07) is 18.3. The van der Waals surface area contributed by atoms with Crippen molar-refractivity contribution in [2.75, 3.05) is 7.11 Å². The Hall–Kier alpha value is -2.15. The first-order valence-corrected chi connectivity index (χ1v) is 8.63. The fraction of sp³-hybridized carbons (Fsp3) is 0.158. The molecule has 0 heterocycles. The third-order valence-corrected chi connectivity index (χ3v) is 3.96. The van der Waals surface area contributed by atoms with Gasteiger partial charge in [-0.05, 0) is 27.9 Å². The van der Waals surface area contributed by atoms with Crippen molar-refractivity contribution in [1.82, 2.24) is 5.32 Å². The van der Waals surface area contributed by atoms with Crippen LogP contribution in [0.2, 0.25) is 0 Å². The number of ether oxygens (including phenoxy) is 1. The van der Waals surface area contributed by atoms with Crippen LogP contribution < -0.4 is 5.32 Å². The van der Waals surface area contributed by atoms with Crippen molar-refractivity contribution in [2.24, 2.45) is 0 Å². The Labute approximate surface area is 155 Å². The summed E-state index contributed by atoms with van der Waals surface area (Å²) in [6.45, 7) is 0. The molecule has 0 aliphatic rings. The molecule has 124 valence electrons. The molecule has 1 amide bonds. The maximum absolute atomic E-state index is 12.6. The Morgan fingerprint density at radius 3 is 2.21 bits per heavy atom. The molecule has 1 N–H and O–H groups in total. The lowest BCUT2D eigenvalue weighted by Crippen LogP contribution is -2.55. The predicted molar refractivity (Wildman–Crippen MR) is 102 cm³/mol. The summed E-state index contributed by atoms with van der Waals surface area (Å²) in [5, 5.41) is 2.84. The largest absolute Gasteiger partial charge is 0.467 e. The molecule has 0 spiro atoms. The van der Waals surface area contributed by atoms with Crippen LogP contribution in [0.1, 0.15) is 15.9 Å². The predicted octanol–water partition coefficient (Wildman–Crippen LogP) is 3.52. The monoisotopic (exact) mass is 435 g/mol. The number of carbonyl (C=O) groups excluding carboxylic acids is 2. The molecule has 0 saturated heterocycles. The number of amides is 1. The highest BCUT2D eigenvalue weighted by Crippen LogP contribution is 2.19. The summed E-state index contributed by atoms with van der Waals surface area (Å²) in [6.07, 6.45) is 1.96. The number of carbonyl (C=O) groups is 2. The van der Waals surface area contributed by atoms with Gasteiger partial charge in [-0.15, -0.1) is 0 Å². The van der Waals surface area contributed by atoms with Crippen molar-refractivity contribution in [3.05, 3.63) is 81.9 Å². The average molecular weight is 435 g/mol. The van der Waals surface area contributed by atoms with Crippen LogP contribution in [0.4, 0.5) is 0 Å². The van der Waals surface area contributed by atoms with Crippen molar-refractivity contribution in [3.8, 4) is 0 Å². The highest BCUT2D eigenvalue weighted by molar-refractivity contribution is 14.1. The lowest BCUT2D eigenvalue weighted by atomic mass is 9.90. The third kappa shape index (κ3) is 4.44. The van der Waals surface area contributed by atoms with Crippen LogP contribution in [0, 0.1) is 0 Å². The molecule has 1 atom stereocenters. The fourth-order valence-corrected chi connectivity index (χ4v) is 3.02. The van der Waals surface area contributed by atoms with Crippen molar-refractivity contribution in [2.45, 2.75) is 12.0 Å². The highest BCUT2D eigenvalue weighted by Gasteiger charge is 2.39. The minimum Gasteiger partial charge on any atom is -0.467 e. The second-order valence-electron chi connectivity index (χ2n) is 5.24. The number of esters is 1. The van der Waals surface area contributed by atoms with Crippen molar-refractivity contribution in [1.29, 1.82) is 0 Å². The molecule has 0 saturated carbocycles.